The summed E-state index contributed by atoms with van der Waals surface area (Å²) in [4.78, 5) is 18.2. The van der Waals surface area contributed by atoms with Crippen molar-refractivity contribution in [2.75, 3.05) is 12.4 Å². The zero-order valence-electron chi connectivity index (χ0n) is 7.89. The van der Waals surface area contributed by atoms with Crippen LogP contribution in [0.25, 0.3) is 0 Å². The van der Waals surface area contributed by atoms with E-state index in [9.17, 15) is 4.79 Å². The van der Waals surface area contributed by atoms with Gasteiger partial charge in [0.15, 0.2) is 0 Å². The lowest BCUT2D eigenvalue weighted by Gasteiger charge is -2.09. The number of carbonyl (C=O) groups is 1. The number of carboxylic acid groups (broad SMARTS) is 1. The highest BCUT2D eigenvalue weighted by Gasteiger charge is 2.10. The monoisotopic (exact) mass is 197 g/mol. The van der Waals surface area contributed by atoms with Crippen molar-refractivity contribution in [3.05, 3.63) is 12.3 Å². The highest BCUT2D eigenvalue weighted by Crippen LogP contribution is 2.07. The molecule has 0 saturated heterocycles. The maximum absolute atomic E-state index is 10.5. The highest BCUT2D eigenvalue weighted by molar-refractivity contribution is 5.76. The van der Waals surface area contributed by atoms with E-state index in [2.05, 4.69) is 15.3 Å². The molecule has 0 saturated carbocycles. The highest BCUT2D eigenvalue weighted by atomic mass is 16.5. The van der Waals surface area contributed by atoms with E-state index >= 15 is 0 Å². The largest absolute Gasteiger partial charge is 0.480 e. The van der Waals surface area contributed by atoms with Crippen molar-refractivity contribution >= 4 is 11.8 Å². The lowest BCUT2D eigenvalue weighted by atomic mass is 10.3. The maximum atomic E-state index is 10.5. The molecule has 2 N–H and O–H groups in total. The van der Waals surface area contributed by atoms with Gasteiger partial charge in [0, 0.05) is 6.20 Å². The van der Waals surface area contributed by atoms with Gasteiger partial charge in [-0.15, -0.1) is 0 Å². The quantitative estimate of drug-likeness (QED) is 0.725. The van der Waals surface area contributed by atoms with E-state index in [0.717, 1.165) is 0 Å². The van der Waals surface area contributed by atoms with Crippen molar-refractivity contribution in [2.45, 2.75) is 13.0 Å². The Balaban J connectivity index is 2.71. The summed E-state index contributed by atoms with van der Waals surface area (Å²) in [7, 11) is 1.44. The zero-order valence-corrected chi connectivity index (χ0v) is 7.89. The molecular weight excluding hydrogens is 186 g/mol. The fraction of sp³-hybridized carbons (Fsp3) is 0.375. The summed E-state index contributed by atoms with van der Waals surface area (Å²) in [6.07, 6.45) is 1.49. The van der Waals surface area contributed by atoms with Crippen molar-refractivity contribution in [2.24, 2.45) is 0 Å². The van der Waals surface area contributed by atoms with Gasteiger partial charge < -0.3 is 15.2 Å². The first-order chi connectivity index (χ1) is 6.63. The third-order valence-electron chi connectivity index (χ3n) is 1.55. The Morgan fingerprint density at radius 1 is 1.71 bits per heavy atom. The molecule has 0 aliphatic rings. The van der Waals surface area contributed by atoms with Gasteiger partial charge in [-0.25, -0.2) is 4.98 Å². The van der Waals surface area contributed by atoms with Gasteiger partial charge >= 0.3 is 12.0 Å². The van der Waals surface area contributed by atoms with Crippen LogP contribution >= 0.6 is 0 Å². The minimum atomic E-state index is -0.942. The van der Waals surface area contributed by atoms with Gasteiger partial charge in [-0.1, -0.05) is 0 Å². The second-order valence-corrected chi connectivity index (χ2v) is 2.63. The zero-order chi connectivity index (χ0) is 10.6. The standard InChI is InChI=1S/C8H11N3O3/c1-5(7(12)13)10-6-3-4-9-8(11-6)14-2/h3-5H,1-2H3,(H,12,13)(H,9,10,11). The number of carboxylic acids is 1. The smallest absolute Gasteiger partial charge is 0.325 e. The molecule has 14 heavy (non-hydrogen) atoms. The van der Waals surface area contributed by atoms with Crippen LogP contribution in [0.5, 0.6) is 6.01 Å². The number of nitrogens with one attached hydrogen (secondary N) is 1. The van der Waals surface area contributed by atoms with Crippen LogP contribution in [0.1, 0.15) is 6.92 Å². The molecule has 6 nitrogen and oxygen atoms in total. The van der Waals surface area contributed by atoms with E-state index in [1.54, 1.807) is 6.07 Å². The number of aromatic nitrogens is 2. The summed E-state index contributed by atoms with van der Waals surface area (Å²) < 4.78 is 4.79. The molecule has 0 aliphatic carbocycles. The predicted octanol–water partition coefficient (Wildman–Crippen LogP) is 0.370. The number of hydrogen-bond donors (Lipinski definition) is 2. The molecule has 0 spiro atoms. The molecule has 1 unspecified atom stereocenters. The Bertz CT molecular complexity index is 329. The fourth-order valence-electron chi connectivity index (χ4n) is 0.803. The van der Waals surface area contributed by atoms with Gasteiger partial charge in [-0.2, -0.15) is 4.98 Å². The lowest BCUT2D eigenvalue weighted by Crippen LogP contribution is -2.25. The number of hydrogen-bond acceptors (Lipinski definition) is 5. The molecule has 1 rings (SSSR count). The van der Waals surface area contributed by atoms with E-state index in [1.165, 1.54) is 20.2 Å². The summed E-state index contributed by atoms with van der Waals surface area (Å²) in [6.45, 7) is 1.52. The molecule has 0 fully saturated rings. The van der Waals surface area contributed by atoms with E-state index < -0.39 is 12.0 Å². The normalized spacial score (nSPS) is 11.9. The molecule has 0 bridgehead atoms. The minimum Gasteiger partial charge on any atom is -0.480 e. The first-order valence-electron chi connectivity index (χ1n) is 4.00. The average molecular weight is 197 g/mol. The Morgan fingerprint density at radius 3 is 3.00 bits per heavy atom. The molecule has 0 aliphatic heterocycles. The second-order valence-electron chi connectivity index (χ2n) is 2.63. The van der Waals surface area contributed by atoms with Gasteiger partial charge in [-0.05, 0) is 13.0 Å². The van der Waals surface area contributed by atoms with Crippen LogP contribution in [-0.4, -0.2) is 34.2 Å². The second kappa shape index (κ2) is 4.40. The first-order valence-corrected chi connectivity index (χ1v) is 4.00. The van der Waals surface area contributed by atoms with Gasteiger partial charge in [0.25, 0.3) is 0 Å². The van der Waals surface area contributed by atoms with Crippen molar-refractivity contribution in [1.82, 2.24) is 9.97 Å². The molecule has 1 heterocycles. The van der Waals surface area contributed by atoms with Crippen LogP contribution in [0.4, 0.5) is 5.82 Å². The van der Waals surface area contributed by atoms with Gasteiger partial charge in [-0.3, -0.25) is 4.79 Å². The van der Waals surface area contributed by atoms with Crippen molar-refractivity contribution in [3.8, 4) is 6.01 Å². The number of aliphatic carboxylic acids is 1. The topological polar surface area (TPSA) is 84.3 Å². The van der Waals surface area contributed by atoms with Crippen molar-refractivity contribution in [3.63, 3.8) is 0 Å². The number of ether oxygens (including phenoxy) is 1. The van der Waals surface area contributed by atoms with Gasteiger partial charge in [0.05, 0.1) is 7.11 Å². The maximum Gasteiger partial charge on any atom is 0.325 e. The van der Waals surface area contributed by atoms with Crippen LogP contribution in [0.3, 0.4) is 0 Å². The van der Waals surface area contributed by atoms with Crippen LogP contribution in [0, 0.1) is 0 Å². The number of anilines is 1. The molecule has 1 aromatic rings. The van der Waals surface area contributed by atoms with E-state index in [1.807, 2.05) is 0 Å². The van der Waals surface area contributed by atoms with Crippen molar-refractivity contribution in [1.29, 1.82) is 0 Å². The minimum absolute atomic E-state index is 0.201. The summed E-state index contributed by atoms with van der Waals surface area (Å²) >= 11 is 0. The fourth-order valence-corrected chi connectivity index (χ4v) is 0.803. The molecule has 76 valence electrons. The summed E-state index contributed by atoms with van der Waals surface area (Å²) in [5.74, 6) is -0.519. The third kappa shape index (κ3) is 2.58. The number of methoxy groups -OCH3 is 1. The molecular formula is C8H11N3O3. The van der Waals surface area contributed by atoms with Crippen LogP contribution in [0.15, 0.2) is 12.3 Å². The molecule has 0 aromatic carbocycles. The molecule has 1 atom stereocenters. The van der Waals surface area contributed by atoms with E-state index in [0.29, 0.717) is 5.82 Å². The van der Waals surface area contributed by atoms with Crippen LogP contribution in [-0.2, 0) is 4.79 Å². The number of rotatable bonds is 4. The lowest BCUT2D eigenvalue weighted by molar-refractivity contribution is -0.137. The predicted molar refractivity (Wildman–Crippen MR) is 49.3 cm³/mol. The molecule has 0 radical (unpaired) electrons. The van der Waals surface area contributed by atoms with E-state index in [4.69, 9.17) is 9.84 Å². The third-order valence-corrected chi connectivity index (χ3v) is 1.55. The van der Waals surface area contributed by atoms with Crippen LogP contribution < -0.4 is 10.1 Å². The Labute approximate surface area is 80.9 Å². The van der Waals surface area contributed by atoms with Crippen molar-refractivity contribution < 1.29 is 14.6 Å². The number of nitrogens with zero attached hydrogens (tertiary/aromatic N) is 2. The Kier molecular flexibility index (Phi) is 3.22. The summed E-state index contributed by atoms with van der Waals surface area (Å²) in [5.41, 5.74) is 0. The molecule has 0 amide bonds. The summed E-state index contributed by atoms with van der Waals surface area (Å²) in [6, 6.07) is 1.07. The first kappa shape index (κ1) is 10.2. The summed E-state index contributed by atoms with van der Waals surface area (Å²) in [5, 5.41) is 11.3. The SMILES string of the molecule is COc1nccc(NC(C)C(=O)O)n1. The molecule has 1 aromatic heterocycles. The molecule has 6 heteroatoms. The van der Waals surface area contributed by atoms with Crippen LogP contribution in [0.2, 0.25) is 0 Å². The van der Waals surface area contributed by atoms with Gasteiger partial charge in [0.1, 0.15) is 11.9 Å². The Morgan fingerprint density at radius 2 is 2.43 bits per heavy atom. The van der Waals surface area contributed by atoms with Gasteiger partial charge in [0.2, 0.25) is 0 Å². The van der Waals surface area contributed by atoms with E-state index in [-0.39, 0.29) is 6.01 Å². The average Bonchev–Trinajstić information content (AvgIpc) is 2.18. The Hall–Kier alpha value is -1.85.